The van der Waals surface area contributed by atoms with Gasteiger partial charge in [-0.2, -0.15) is 5.26 Å². The maximum absolute atomic E-state index is 11.2. The van der Waals surface area contributed by atoms with Crippen LogP contribution in [-0.4, -0.2) is 0 Å². The van der Waals surface area contributed by atoms with Crippen LogP contribution in [0.1, 0.15) is 5.56 Å². The Labute approximate surface area is 434 Å². The van der Waals surface area contributed by atoms with Crippen LogP contribution in [-0.2, 0) is 0 Å². The van der Waals surface area contributed by atoms with Gasteiger partial charge in [-0.3, -0.25) is 0 Å². The van der Waals surface area contributed by atoms with Gasteiger partial charge in [-0.25, -0.2) is 0 Å². The predicted octanol–water partition coefficient (Wildman–Crippen LogP) is 19.5. The molecule has 0 heterocycles. The van der Waals surface area contributed by atoms with Crippen molar-refractivity contribution in [2.75, 3.05) is 0 Å². The molecule has 0 spiro atoms. The highest BCUT2D eigenvalue weighted by Crippen LogP contribution is 2.41. The van der Waals surface area contributed by atoms with Crippen molar-refractivity contribution in [3.8, 4) is 128 Å². The number of hydrogen-bond donors (Lipinski definition) is 0. The highest BCUT2D eigenvalue weighted by Gasteiger charge is 2.18. The molecule has 12 aromatic carbocycles. The van der Waals surface area contributed by atoms with Crippen molar-refractivity contribution < 1.29 is 0 Å². The predicted molar refractivity (Wildman–Crippen MR) is 309 cm³/mol. The topological polar surface area (TPSA) is 23.8 Å². The Bertz CT molecular complexity index is 3630. The van der Waals surface area contributed by atoms with E-state index >= 15 is 0 Å². The van der Waals surface area contributed by atoms with Crippen molar-refractivity contribution in [3.05, 3.63) is 303 Å². The molecule has 0 amide bonds. The lowest BCUT2D eigenvalue weighted by molar-refractivity contribution is 1.46. The summed E-state index contributed by atoms with van der Waals surface area (Å²) in [5, 5.41) is 11.2. The summed E-state index contributed by atoms with van der Waals surface area (Å²) in [5.74, 6) is 0. The SMILES string of the molecule is N#Cc1c(-c2cccc(-c3cccc(-c4cc(-c5c#cccc5)cc(-c5ccccc5)c4)c3)c2)cc(-c2ccccc2)cc1-c1cccc(-c2cccc(-c3cc(-c4ccccc4)cc(-c4ccccc4)c3)c2)c1. The van der Waals surface area contributed by atoms with Gasteiger partial charge in [-0.05, 0) is 191 Å². The smallest absolute Gasteiger partial charge is 0.100 e. The zero-order valence-corrected chi connectivity index (χ0v) is 40.6. The second-order valence-corrected chi connectivity index (χ2v) is 18.7. The summed E-state index contributed by atoms with van der Waals surface area (Å²) >= 11 is 0. The van der Waals surface area contributed by atoms with E-state index in [0.717, 1.165) is 100 Å². The molecule has 0 atom stereocenters. The summed E-state index contributed by atoms with van der Waals surface area (Å²) in [6.45, 7) is 0. The van der Waals surface area contributed by atoms with Crippen molar-refractivity contribution in [2.45, 2.75) is 0 Å². The standard InChI is InChI=1S/C73H47N/c74-50-73-71(62-36-18-32-58(40-62)56-30-16-34-60(38-56)68-44-64(51-20-6-1-7-21-51)42-65(45-68)52-22-8-2-9-23-52)48-70(55-28-14-5-15-29-55)49-72(73)63-37-19-33-59(41-63)57-31-17-35-61(39-57)69-46-66(53-24-10-3-11-25-53)43-67(47-69)54-26-12-4-13-27-54/h1-12,14-26,28-49H. The normalized spacial score (nSPS) is 10.9. The molecule has 0 N–H and O–H groups in total. The molecule has 0 bridgehead atoms. The fraction of sp³-hybridized carbons (Fsp3) is 0. The lowest BCUT2D eigenvalue weighted by Gasteiger charge is -2.16. The first-order valence-electron chi connectivity index (χ1n) is 25.0. The molecular weight excluding hydrogens is 891 g/mol. The molecule has 0 saturated carbocycles. The quantitative estimate of drug-likeness (QED) is 0.127. The molecule has 0 aliphatic rings. The molecule has 0 radical (unpaired) electrons. The first-order valence-corrected chi connectivity index (χ1v) is 25.0. The zero-order chi connectivity index (χ0) is 49.6. The largest absolute Gasteiger partial charge is 0.192 e. The van der Waals surface area contributed by atoms with Crippen molar-refractivity contribution >= 4 is 0 Å². The lowest BCUT2D eigenvalue weighted by atomic mass is 9.86. The van der Waals surface area contributed by atoms with Crippen LogP contribution in [0.3, 0.4) is 0 Å². The van der Waals surface area contributed by atoms with E-state index in [1.165, 1.54) is 22.3 Å². The summed E-state index contributed by atoms with van der Waals surface area (Å²) in [6, 6.07) is 110. The highest BCUT2D eigenvalue weighted by atomic mass is 14.3. The Morgan fingerprint density at radius 1 is 0.230 bits per heavy atom. The molecular formula is C73H47N. The maximum atomic E-state index is 11.2. The third-order valence-electron chi connectivity index (χ3n) is 13.9. The van der Waals surface area contributed by atoms with Gasteiger partial charge >= 0.3 is 0 Å². The lowest BCUT2D eigenvalue weighted by Crippen LogP contribution is -1.94. The number of hydrogen-bond acceptors (Lipinski definition) is 1. The second kappa shape index (κ2) is 20.4. The molecule has 1 nitrogen and oxygen atoms in total. The zero-order valence-electron chi connectivity index (χ0n) is 40.6. The minimum absolute atomic E-state index is 0.632. The molecule has 0 aliphatic carbocycles. The molecule has 12 rings (SSSR count). The highest BCUT2D eigenvalue weighted by molar-refractivity contribution is 5.91. The summed E-state index contributed by atoms with van der Waals surface area (Å²) < 4.78 is 0. The van der Waals surface area contributed by atoms with Gasteiger partial charge in [-0.15, -0.1) is 0 Å². The van der Waals surface area contributed by atoms with Crippen LogP contribution >= 0.6 is 0 Å². The number of benzene rings is 11. The van der Waals surface area contributed by atoms with Gasteiger partial charge in [0.25, 0.3) is 0 Å². The van der Waals surface area contributed by atoms with Crippen LogP contribution in [0.5, 0.6) is 0 Å². The number of nitrogens with zero attached hydrogens (tertiary/aromatic N) is 1. The summed E-state index contributed by atoms with van der Waals surface area (Å²) in [4.78, 5) is 0. The van der Waals surface area contributed by atoms with Crippen LogP contribution in [0.2, 0.25) is 0 Å². The molecule has 0 aromatic heterocycles. The molecule has 0 saturated heterocycles. The second-order valence-electron chi connectivity index (χ2n) is 18.7. The molecule has 0 unspecified atom stereocenters. The van der Waals surface area contributed by atoms with Crippen LogP contribution in [0, 0.1) is 23.5 Å². The van der Waals surface area contributed by atoms with E-state index in [1.807, 2.05) is 18.2 Å². The van der Waals surface area contributed by atoms with Crippen LogP contribution in [0.15, 0.2) is 285 Å². The van der Waals surface area contributed by atoms with Gasteiger partial charge in [0, 0.05) is 16.7 Å². The molecule has 1 heteroatoms. The Kier molecular flexibility index (Phi) is 12.4. The number of rotatable bonds is 11. The van der Waals surface area contributed by atoms with Gasteiger partial charge < -0.3 is 0 Å². The van der Waals surface area contributed by atoms with Crippen LogP contribution < -0.4 is 0 Å². The van der Waals surface area contributed by atoms with Crippen molar-refractivity contribution in [1.82, 2.24) is 0 Å². The summed E-state index contributed by atoms with van der Waals surface area (Å²) in [7, 11) is 0. The van der Waals surface area contributed by atoms with Gasteiger partial charge in [-0.1, -0.05) is 212 Å². The Hall–Kier alpha value is -10.1. The van der Waals surface area contributed by atoms with E-state index in [1.54, 1.807) is 0 Å². The van der Waals surface area contributed by atoms with Gasteiger partial charge in [0.15, 0.2) is 0 Å². The van der Waals surface area contributed by atoms with E-state index in [-0.39, 0.29) is 0 Å². The van der Waals surface area contributed by atoms with Crippen molar-refractivity contribution in [2.24, 2.45) is 0 Å². The minimum Gasteiger partial charge on any atom is -0.192 e. The van der Waals surface area contributed by atoms with E-state index in [0.29, 0.717) is 5.56 Å². The Morgan fingerprint density at radius 2 is 0.500 bits per heavy atom. The van der Waals surface area contributed by atoms with Gasteiger partial charge in [0.05, 0.1) is 5.56 Å². The van der Waals surface area contributed by atoms with E-state index in [2.05, 4.69) is 285 Å². The van der Waals surface area contributed by atoms with Gasteiger partial charge in [0.1, 0.15) is 6.07 Å². The summed E-state index contributed by atoms with van der Waals surface area (Å²) in [5.41, 5.74) is 24.4. The van der Waals surface area contributed by atoms with E-state index in [4.69, 9.17) is 0 Å². The average molecular weight is 938 g/mol. The average Bonchev–Trinajstić information content (AvgIpc) is 3.50. The maximum Gasteiger partial charge on any atom is 0.100 e. The molecule has 12 aromatic rings. The fourth-order valence-corrected chi connectivity index (χ4v) is 10.2. The van der Waals surface area contributed by atoms with Crippen LogP contribution in [0.4, 0.5) is 0 Å². The van der Waals surface area contributed by atoms with Gasteiger partial charge in [0.2, 0.25) is 0 Å². The first-order chi connectivity index (χ1) is 36.6. The Balaban J connectivity index is 0.931. The van der Waals surface area contributed by atoms with Crippen molar-refractivity contribution in [3.63, 3.8) is 0 Å². The fourth-order valence-electron chi connectivity index (χ4n) is 10.2. The monoisotopic (exact) mass is 937 g/mol. The molecule has 0 aliphatic heterocycles. The van der Waals surface area contributed by atoms with E-state index < -0.39 is 0 Å². The van der Waals surface area contributed by atoms with Crippen LogP contribution in [0.25, 0.3) is 122 Å². The number of nitriles is 1. The summed E-state index contributed by atoms with van der Waals surface area (Å²) in [6.07, 6.45) is 0. The minimum atomic E-state index is 0.632. The third-order valence-corrected chi connectivity index (χ3v) is 13.9. The van der Waals surface area contributed by atoms with E-state index in [9.17, 15) is 5.26 Å². The molecule has 0 fully saturated rings. The Morgan fingerprint density at radius 3 is 0.838 bits per heavy atom. The first kappa shape index (κ1) is 45.1. The molecule has 344 valence electrons. The molecule has 74 heavy (non-hydrogen) atoms. The third kappa shape index (κ3) is 9.46. The van der Waals surface area contributed by atoms with Crippen molar-refractivity contribution in [1.29, 1.82) is 5.26 Å².